The lowest BCUT2D eigenvalue weighted by molar-refractivity contribution is -0.127. The molecule has 3 nitrogen and oxygen atoms in total. The van der Waals surface area contributed by atoms with Gasteiger partial charge in [-0.25, -0.2) is 0 Å². The molecule has 1 saturated heterocycles. The molecule has 1 amide bonds. The fourth-order valence-corrected chi connectivity index (χ4v) is 3.11. The van der Waals surface area contributed by atoms with Crippen LogP contribution in [-0.2, 0) is 4.79 Å². The molecular formula is C14H17Cl3N2O. The first-order valence-electron chi connectivity index (χ1n) is 6.65. The van der Waals surface area contributed by atoms with Crippen LogP contribution < -0.4 is 10.6 Å². The molecule has 110 valence electrons. The normalized spacial score (nSPS) is 17.8. The van der Waals surface area contributed by atoms with Gasteiger partial charge in [-0.1, -0.05) is 41.7 Å². The van der Waals surface area contributed by atoms with Crippen molar-refractivity contribution in [1.29, 1.82) is 0 Å². The summed E-state index contributed by atoms with van der Waals surface area (Å²) >= 11 is 18.0. The van der Waals surface area contributed by atoms with Crippen LogP contribution in [0.3, 0.4) is 0 Å². The van der Waals surface area contributed by atoms with E-state index < -0.39 is 0 Å². The Labute approximate surface area is 134 Å². The van der Waals surface area contributed by atoms with E-state index in [1.807, 2.05) is 6.92 Å². The van der Waals surface area contributed by atoms with Gasteiger partial charge < -0.3 is 10.6 Å². The molecule has 0 atom stereocenters. The van der Waals surface area contributed by atoms with Gasteiger partial charge in [-0.15, -0.1) is 0 Å². The first kappa shape index (κ1) is 15.9. The van der Waals surface area contributed by atoms with E-state index in [-0.39, 0.29) is 11.3 Å². The van der Waals surface area contributed by atoms with Crippen molar-refractivity contribution in [2.45, 2.75) is 26.2 Å². The molecular weight excluding hydrogens is 319 g/mol. The molecule has 0 bridgehead atoms. The highest BCUT2D eigenvalue weighted by Crippen LogP contribution is 2.37. The van der Waals surface area contributed by atoms with Crippen LogP contribution in [0.25, 0.3) is 0 Å². The van der Waals surface area contributed by atoms with E-state index in [1.54, 1.807) is 12.1 Å². The smallest absolute Gasteiger partial charge is 0.230 e. The van der Waals surface area contributed by atoms with Crippen LogP contribution in [-0.4, -0.2) is 19.0 Å². The van der Waals surface area contributed by atoms with Crippen molar-refractivity contribution < 1.29 is 4.79 Å². The minimum Gasteiger partial charge on any atom is -0.324 e. The molecule has 2 N–H and O–H groups in total. The van der Waals surface area contributed by atoms with Crippen molar-refractivity contribution in [1.82, 2.24) is 5.32 Å². The zero-order valence-corrected chi connectivity index (χ0v) is 13.5. The summed E-state index contributed by atoms with van der Waals surface area (Å²) in [5, 5.41) is 7.32. The van der Waals surface area contributed by atoms with Crippen molar-refractivity contribution in [3.05, 3.63) is 27.2 Å². The van der Waals surface area contributed by atoms with Crippen LogP contribution in [0, 0.1) is 5.41 Å². The molecule has 2 rings (SSSR count). The summed E-state index contributed by atoms with van der Waals surface area (Å²) in [5.41, 5.74) is 0.179. The number of nitrogens with one attached hydrogen (secondary N) is 2. The van der Waals surface area contributed by atoms with Gasteiger partial charge >= 0.3 is 0 Å². The molecule has 1 aliphatic rings. The van der Waals surface area contributed by atoms with Gasteiger partial charge in [0.05, 0.1) is 26.2 Å². The first-order valence-corrected chi connectivity index (χ1v) is 7.78. The van der Waals surface area contributed by atoms with Gasteiger partial charge in [-0.3, -0.25) is 4.79 Å². The van der Waals surface area contributed by atoms with Gasteiger partial charge in [0.15, 0.2) is 0 Å². The number of benzene rings is 1. The SMILES string of the molecule is CCC1(C(=O)Nc2cc(Cl)c(Cl)cc2Cl)CCNCC1. The summed E-state index contributed by atoms with van der Waals surface area (Å²) in [6.07, 6.45) is 2.46. The Morgan fingerprint density at radius 3 is 2.40 bits per heavy atom. The van der Waals surface area contributed by atoms with E-state index >= 15 is 0 Å². The van der Waals surface area contributed by atoms with Gasteiger partial charge in [-0.2, -0.15) is 0 Å². The lowest BCUT2D eigenvalue weighted by Gasteiger charge is -2.35. The third-order valence-electron chi connectivity index (χ3n) is 3.98. The maximum Gasteiger partial charge on any atom is 0.230 e. The average Bonchev–Trinajstić information content (AvgIpc) is 2.45. The van der Waals surface area contributed by atoms with Crippen LogP contribution in [0.15, 0.2) is 12.1 Å². The quantitative estimate of drug-likeness (QED) is 0.806. The fourth-order valence-electron chi connectivity index (χ4n) is 2.52. The Hall–Kier alpha value is -0.480. The zero-order chi connectivity index (χ0) is 14.8. The fraction of sp³-hybridized carbons (Fsp3) is 0.500. The molecule has 1 fully saturated rings. The lowest BCUT2D eigenvalue weighted by atomic mass is 9.76. The number of hydrogen-bond donors (Lipinski definition) is 2. The standard InChI is InChI=1S/C14H17Cl3N2O/c1-2-14(3-5-18-6-4-14)13(20)19-12-8-10(16)9(15)7-11(12)17/h7-8,18H,2-6H2,1H3,(H,19,20). The van der Waals surface area contributed by atoms with Gasteiger partial charge in [0.1, 0.15) is 0 Å². The van der Waals surface area contributed by atoms with Gasteiger partial charge in [0.2, 0.25) is 5.91 Å². The Balaban J connectivity index is 2.20. The molecule has 0 spiro atoms. The van der Waals surface area contributed by atoms with Crippen molar-refractivity contribution in [3.63, 3.8) is 0 Å². The second-order valence-electron chi connectivity index (χ2n) is 5.08. The summed E-state index contributed by atoms with van der Waals surface area (Å²) in [5.74, 6) is 0.00166. The predicted octanol–water partition coefficient (Wildman–Crippen LogP) is 4.37. The Morgan fingerprint density at radius 1 is 1.20 bits per heavy atom. The molecule has 0 aromatic heterocycles. The number of hydrogen-bond acceptors (Lipinski definition) is 2. The maximum absolute atomic E-state index is 12.6. The van der Waals surface area contributed by atoms with E-state index in [0.717, 1.165) is 32.4 Å². The first-order chi connectivity index (χ1) is 9.48. The van der Waals surface area contributed by atoms with E-state index in [1.165, 1.54) is 0 Å². The number of piperidine rings is 1. The topological polar surface area (TPSA) is 41.1 Å². The predicted molar refractivity (Wildman–Crippen MR) is 84.9 cm³/mol. The molecule has 0 saturated carbocycles. The van der Waals surface area contributed by atoms with Gasteiger partial charge in [0.25, 0.3) is 0 Å². The van der Waals surface area contributed by atoms with E-state index in [2.05, 4.69) is 10.6 Å². The Morgan fingerprint density at radius 2 is 1.80 bits per heavy atom. The minimum absolute atomic E-state index is 0.00166. The Kier molecular flexibility index (Phi) is 5.19. The lowest BCUT2D eigenvalue weighted by Crippen LogP contribution is -2.44. The maximum atomic E-state index is 12.6. The molecule has 0 unspecified atom stereocenters. The average molecular weight is 336 g/mol. The highest BCUT2D eigenvalue weighted by molar-refractivity contribution is 6.44. The van der Waals surface area contributed by atoms with Crippen molar-refractivity contribution in [2.24, 2.45) is 5.41 Å². The third-order valence-corrected chi connectivity index (χ3v) is 5.01. The monoisotopic (exact) mass is 334 g/mol. The highest BCUT2D eigenvalue weighted by atomic mass is 35.5. The summed E-state index contributed by atoms with van der Waals surface area (Å²) in [6, 6.07) is 3.14. The molecule has 20 heavy (non-hydrogen) atoms. The Bertz CT molecular complexity index is 513. The number of rotatable bonds is 3. The van der Waals surface area contributed by atoms with E-state index in [9.17, 15) is 4.79 Å². The van der Waals surface area contributed by atoms with Crippen LogP contribution in [0.1, 0.15) is 26.2 Å². The van der Waals surface area contributed by atoms with Crippen molar-refractivity contribution >= 4 is 46.4 Å². The van der Waals surface area contributed by atoms with Crippen molar-refractivity contribution in [3.8, 4) is 0 Å². The second kappa shape index (κ2) is 6.52. The molecule has 1 aliphatic heterocycles. The van der Waals surface area contributed by atoms with Crippen LogP contribution in [0.2, 0.25) is 15.1 Å². The second-order valence-corrected chi connectivity index (χ2v) is 6.31. The van der Waals surface area contributed by atoms with Gasteiger partial charge in [-0.05, 0) is 44.5 Å². The number of carbonyl (C=O) groups is 1. The molecule has 0 radical (unpaired) electrons. The summed E-state index contributed by atoms with van der Waals surface area (Å²) < 4.78 is 0. The van der Waals surface area contributed by atoms with E-state index in [0.29, 0.717) is 20.8 Å². The summed E-state index contributed by atoms with van der Waals surface area (Å²) in [7, 11) is 0. The molecule has 6 heteroatoms. The number of carbonyl (C=O) groups excluding carboxylic acids is 1. The number of amides is 1. The molecule has 1 aromatic carbocycles. The summed E-state index contributed by atoms with van der Waals surface area (Å²) in [6.45, 7) is 3.76. The molecule has 1 aromatic rings. The molecule has 1 heterocycles. The van der Waals surface area contributed by atoms with Gasteiger partial charge in [0, 0.05) is 0 Å². The van der Waals surface area contributed by atoms with Crippen LogP contribution in [0.4, 0.5) is 5.69 Å². The third kappa shape index (κ3) is 3.22. The molecule has 0 aliphatic carbocycles. The largest absolute Gasteiger partial charge is 0.324 e. The van der Waals surface area contributed by atoms with E-state index in [4.69, 9.17) is 34.8 Å². The number of halogens is 3. The van der Waals surface area contributed by atoms with Crippen LogP contribution >= 0.6 is 34.8 Å². The number of anilines is 1. The van der Waals surface area contributed by atoms with Crippen molar-refractivity contribution in [2.75, 3.05) is 18.4 Å². The van der Waals surface area contributed by atoms with Crippen LogP contribution in [0.5, 0.6) is 0 Å². The zero-order valence-electron chi connectivity index (χ0n) is 11.2. The summed E-state index contributed by atoms with van der Waals surface area (Å²) in [4.78, 5) is 12.6. The minimum atomic E-state index is -0.333. The highest BCUT2D eigenvalue weighted by Gasteiger charge is 2.37.